The number of aromatic carboxylic acids is 1. The Labute approximate surface area is 170 Å². The minimum Gasteiger partial charge on any atom is -0.477 e. The average Bonchev–Trinajstić information content (AvgIpc) is 3.05. The van der Waals surface area contributed by atoms with Gasteiger partial charge in [-0.15, -0.1) is 0 Å². The first-order chi connectivity index (χ1) is 13.8. The van der Waals surface area contributed by atoms with Crippen LogP contribution in [-0.2, 0) is 13.0 Å². The van der Waals surface area contributed by atoms with Crippen LogP contribution in [0, 0.1) is 5.41 Å². The molecule has 2 heterocycles. The fraction of sp³-hybridized carbons (Fsp3) is 0.409. The van der Waals surface area contributed by atoms with Gasteiger partial charge in [0.05, 0.1) is 0 Å². The summed E-state index contributed by atoms with van der Waals surface area (Å²) in [6, 6.07) is 9.75. The van der Waals surface area contributed by atoms with Gasteiger partial charge in [0.15, 0.2) is 0 Å². The lowest BCUT2D eigenvalue weighted by Crippen LogP contribution is -2.39. The Morgan fingerprint density at radius 1 is 1.17 bits per heavy atom. The highest BCUT2D eigenvalue weighted by Crippen LogP contribution is 2.27. The van der Waals surface area contributed by atoms with Gasteiger partial charge in [0.1, 0.15) is 11.1 Å². The third-order valence-electron chi connectivity index (χ3n) is 5.48. The highest BCUT2D eigenvalue weighted by molar-refractivity contribution is 5.96. The first kappa shape index (κ1) is 20.8. The van der Waals surface area contributed by atoms with Gasteiger partial charge < -0.3 is 19.9 Å². The van der Waals surface area contributed by atoms with Crippen molar-refractivity contribution in [1.82, 2.24) is 14.8 Å². The quantitative estimate of drug-likeness (QED) is 0.744. The Kier molecular flexibility index (Phi) is 6.17. The average molecular weight is 397 g/mol. The molecule has 1 aliphatic heterocycles. The van der Waals surface area contributed by atoms with Crippen LogP contribution in [0.4, 0.5) is 0 Å². The molecule has 0 spiro atoms. The summed E-state index contributed by atoms with van der Waals surface area (Å²) in [5.74, 6) is -1.86. The van der Waals surface area contributed by atoms with E-state index in [-0.39, 0.29) is 11.0 Å². The molecule has 1 aromatic carbocycles. The number of aromatic nitrogens is 1. The van der Waals surface area contributed by atoms with Gasteiger partial charge in [-0.3, -0.25) is 9.59 Å². The maximum atomic E-state index is 12.7. The smallest absolute Gasteiger partial charge is 0.341 e. The van der Waals surface area contributed by atoms with Crippen molar-refractivity contribution in [3.05, 3.63) is 69.6 Å². The van der Waals surface area contributed by atoms with E-state index < -0.39 is 22.9 Å². The number of nitrogens with one attached hydrogen (secondary N) is 1. The van der Waals surface area contributed by atoms with E-state index >= 15 is 0 Å². The molecule has 1 saturated heterocycles. The number of pyridine rings is 1. The summed E-state index contributed by atoms with van der Waals surface area (Å²) >= 11 is 0. The summed E-state index contributed by atoms with van der Waals surface area (Å²) in [6.45, 7) is 4.84. The van der Waals surface area contributed by atoms with Crippen LogP contribution in [0.5, 0.6) is 0 Å². The Hall–Kier alpha value is -2.93. The van der Waals surface area contributed by atoms with Crippen LogP contribution in [0.15, 0.2) is 47.5 Å². The molecule has 0 unspecified atom stereocenters. The second kappa shape index (κ2) is 8.61. The molecule has 7 heteroatoms. The molecule has 1 amide bonds. The molecule has 1 atom stereocenters. The number of aryl methyl sites for hydroxylation is 2. The number of carboxylic acids is 1. The van der Waals surface area contributed by atoms with Crippen LogP contribution in [0.1, 0.15) is 39.6 Å². The van der Waals surface area contributed by atoms with E-state index in [1.165, 1.54) is 12.4 Å². The lowest BCUT2D eigenvalue weighted by molar-refractivity contribution is 0.0694. The second-order valence-corrected chi connectivity index (χ2v) is 8.17. The van der Waals surface area contributed by atoms with Crippen LogP contribution in [0.2, 0.25) is 0 Å². The van der Waals surface area contributed by atoms with Crippen LogP contribution < -0.4 is 10.7 Å². The largest absolute Gasteiger partial charge is 0.477 e. The van der Waals surface area contributed by atoms with Gasteiger partial charge in [-0.2, -0.15) is 0 Å². The van der Waals surface area contributed by atoms with Gasteiger partial charge in [0.25, 0.3) is 5.91 Å². The summed E-state index contributed by atoms with van der Waals surface area (Å²) in [6.07, 6.45) is 4.38. The molecule has 0 bridgehead atoms. The predicted molar refractivity (Wildman–Crippen MR) is 110 cm³/mol. The number of carboxylic acid groups (broad SMARTS) is 1. The number of hydrogen-bond acceptors (Lipinski definition) is 4. The van der Waals surface area contributed by atoms with Gasteiger partial charge in [-0.05, 0) is 37.4 Å². The highest BCUT2D eigenvalue weighted by atomic mass is 16.4. The number of nitrogens with zero attached hydrogens (tertiary/aromatic N) is 2. The van der Waals surface area contributed by atoms with Crippen molar-refractivity contribution in [1.29, 1.82) is 0 Å². The molecular weight excluding hydrogens is 370 g/mol. The van der Waals surface area contributed by atoms with Crippen molar-refractivity contribution in [3.8, 4) is 0 Å². The molecule has 29 heavy (non-hydrogen) atoms. The second-order valence-electron chi connectivity index (χ2n) is 8.17. The van der Waals surface area contributed by atoms with Crippen molar-refractivity contribution in [3.63, 3.8) is 0 Å². The summed E-state index contributed by atoms with van der Waals surface area (Å²) in [4.78, 5) is 39.0. The lowest BCUT2D eigenvalue weighted by atomic mass is 9.90. The molecule has 1 aromatic heterocycles. The first-order valence-corrected chi connectivity index (χ1v) is 9.75. The van der Waals surface area contributed by atoms with Gasteiger partial charge >= 0.3 is 5.97 Å². The number of amides is 1. The summed E-state index contributed by atoms with van der Waals surface area (Å²) < 4.78 is 1.61. The maximum Gasteiger partial charge on any atom is 0.341 e. The fourth-order valence-corrected chi connectivity index (χ4v) is 3.78. The number of hydrogen-bond donors (Lipinski definition) is 2. The van der Waals surface area contributed by atoms with E-state index in [4.69, 9.17) is 0 Å². The number of carbonyl (C=O) groups excluding carboxylic acids is 1. The van der Waals surface area contributed by atoms with Gasteiger partial charge in [-0.25, -0.2) is 4.79 Å². The van der Waals surface area contributed by atoms with Crippen molar-refractivity contribution in [2.45, 2.75) is 26.3 Å². The molecule has 1 aliphatic rings. The number of benzene rings is 1. The number of likely N-dealkylation sites (tertiary alicyclic amines) is 1. The van der Waals surface area contributed by atoms with Crippen LogP contribution in [0.3, 0.4) is 0 Å². The Morgan fingerprint density at radius 3 is 2.48 bits per heavy atom. The topological polar surface area (TPSA) is 91.6 Å². The Bertz CT molecular complexity index is 954. The van der Waals surface area contributed by atoms with E-state index in [1.54, 1.807) is 4.57 Å². The normalized spacial score (nSPS) is 19.2. The summed E-state index contributed by atoms with van der Waals surface area (Å²) in [5.41, 5.74) is -0.237. The van der Waals surface area contributed by atoms with E-state index in [0.717, 1.165) is 25.1 Å². The molecule has 2 aromatic rings. The summed E-state index contributed by atoms with van der Waals surface area (Å²) in [5, 5.41) is 12.2. The molecule has 2 N–H and O–H groups in total. The van der Waals surface area contributed by atoms with Crippen LogP contribution >= 0.6 is 0 Å². The monoisotopic (exact) mass is 397 g/mol. The summed E-state index contributed by atoms with van der Waals surface area (Å²) in [7, 11) is 2.04. The van der Waals surface area contributed by atoms with E-state index in [0.29, 0.717) is 19.5 Å². The zero-order valence-electron chi connectivity index (χ0n) is 16.9. The van der Waals surface area contributed by atoms with Crippen molar-refractivity contribution < 1.29 is 14.7 Å². The highest BCUT2D eigenvalue weighted by Gasteiger charge is 2.32. The third-order valence-corrected chi connectivity index (χ3v) is 5.48. The molecule has 0 aliphatic carbocycles. The van der Waals surface area contributed by atoms with Crippen molar-refractivity contribution in [2.24, 2.45) is 5.41 Å². The van der Waals surface area contributed by atoms with Gasteiger partial charge in [0, 0.05) is 32.0 Å². The minimum atomic E-state index is -1.33. The van der Waals surface area contributed by atoms with E-state index in [2.05, 4.69) is 17.1 Å². The Balaban J connectivity index is 1.79. The standard InChI is InChI=1S/C22H27N3O4/c1-22(9-11-24(2)15-22)14-23-20(27)17-12-25(13-18(19(17)26)21(28)29)10-8-16-6-4-3-5-7-16/h3-7,12-13H,8-11,14-15H2,1-2H3,(H,23,27)(H,28,29)/t22-/m1/s1. The maximum absolute atomic E-state index is 12.7. The molecule has 0 radical (unpaired) electrons. The molecule has 7 nitrogen and oxygen atoms in total. The molecule has 1 fully saturated rings. The van der Waals surface area contributed by atoms with Gasteiger partial charge in [0.2, 0.25) is 5.43 Å². The molecular formula is C22H27N3O4. The Morgan fingerprint density at radius 2 is 1.86 bits per heavy atom. The van der Waals surface area contributed by atoms with Crippen LogP contribution in [-0.4, -0.2) is 53.1 Å². The van der Waals surface area contributed by atoms with E-state index in [9.17, 15) is 19.5 Å². The fourth-order valence-electron chi connectivity index (χ4n) is 3.78. The molecule has 0 saturated carbocycles. The van der Waals surface area contributed by atoms with Crippen molar-refractivity contribution >= 4 is 11.9 Å². The third kappa shape index (κ3) is 5.12. The minimum absolute atomic E-state index is 0.0544. The molecule has 3 rings (SSSR count). The number of rotatable bonds is 7. The van der Waals surface area contributed by atoms with Crippen molar-refractivity contribution in [2.75, 3.05) is 26.7 Å². The van der Waals surface area contributed by atoms with E-state index in [1.807, 2.05) is 37.4 Å². The molecule has 154 valence electrons. The SMILES string of the molecule is CN1CC[C@](C)(CNC(=O)c2cn(CCc3ccccc3)cc(C(=O)O)c2=O)C1. The van der Waals surface area contributed by atoms with Gasteiger partial charge in [-0.1, -0.05) is 37.3 Å². The zero-order valence-corrected chi connectivity index (χ0v) is 16.9. The first-order valence-electron chi connectivity index (χ1n) is 9.75. The number of carbonyl (C=O) groups is 2. The predicted octanol–water partition coefficient (Wildman–Crippen LogP) is 1.86. The lowest BCUT2D eigenvalue weighted by Gasteiger charge is -2.24. The zero-order chi connectivity index (χ0) is 21.0. The van der Waals surface area contributed by atoms with Crippen LogP contribution in [0.25, 0.3) is 0 Å².